The highest BCUT2D eigenvalue weighted by Gasteiger charge is 2.17. The number of rotatable bonds is 6. The molecule has 0 radical (unpaired) electrons. The van der Waals surface area contributed by atoms with Crippen molar-refractivity contribution in [1.82, 2.24) is 4.72 Å². The third kappa shape index (κ3) is 4.45. The van der Waals surface area contributed by atoms with E-state index < -0.39 is 16.0 Å². The second-order valence-corrected chi connectivity index (χ2v) is 6.05. The van der Waals surface area contributed by atoms with Gasteiger partial charge in [0.1, 0.15) is 4.90 Å². The zero-order valence-electron chi connectivity index (χ0n) is 9.19. The summed E-state index contributed by atoms with van der Waals surface area (Å²) < 4.78 is 26.0. The molecular weight excluding hydrogens is 301 g/mol. The highest BCUT2D eigenvalue weighted by Crippen LogP contribution is 2.24. The van der Waals surface area contributed by atoms with Crippen LogP contribution >= 0.6 is 23.2 Å². The zero-order chi connectivity index (χ0) is 13.8. The number of carbonyl (C=O) groups is 1. The van der Waals surface area contributed by atoms with Crippen LogP contribution in [0.1, 0.15) is 12.8 Å². The van der Waals surface area contributed by atoms with Crippen LogP contribution in [-0.4, -0.2) is 26.0 Å². The van der Waals surface area contributed by atoms with Crippen LogP contribution in [0, 0.1) is 0 Å². The molecule has 2 N–H and O–H groups in total. The molecule has 0 heterocycles. The monoisotopic (exact) mass is 311 g/mol. The van der Waals surface area contributed by atoms with E-state index >= 15 is 0 Å². The van der Waals surface area contributed by atoms with Crippen molar-refractivity contribution in [1.29, 1.82) is 0 Å². The van der Waals surface area contributed by atoms with Crippen LogP contribution in [0.3, 0.4) is 0 Å². The SMILES string of the molecule is O=C(O)CCCNS(=O)(=O)c1cc(Cl)ccc1Cl. The van der Waals surface area contributed by atoms with Gasteiger partial charge in [0.25, 0.3) is 0 Å². The van der Waals surface area contributed by atoms with E-state index in [2.05, 4.69) is 4.72 Å². The Morgan fingerprint density at radius 2 is 2.00 bits per heavy atom. The van der Waals surface area contributed by atoms with Crippen molar-refractivity contribution < 1.29 is 18.3 Å². The molecule has 0 aliphatic carbocycles. The lowest BCUT2D eigenvalue weighted by atomic mass is 10.3. The molecule has 0 saturated carbocycles. The maximum absolute atomic E-state index is 11.8. The van der Waals surface area contributed by atoms with Gasteiger partial charge in [-0.15, -0.1) is 0 Å². The summed E-state index contributed by atoms with van der Waals surface area (Å²) in [6.45, 7) is 0.0253. The summed E-state index contributed by atoms with van der Waals surface area (Å²) in [5.41, 5.74) is 0. The topological polar surface area (TPSA) is 83.5 Å². The second-order valence-electron chi connectivity index (χ2n) is 3.47. The van der Waals surface area contributed by atoms with Crippen LogP contribution in [0.4, 0.5) is 0 Å². The van der Waals surface area contributed by atoms with Crippen molar-refractivity contribution in [2.24, 2.45) is 0 Å². The Morgan fingerprint density at radius 1 is 1.33 bits per heavy atom. The molecular formula is C10H11Cl2NO4S. The molecule has 0 bridgehead atoms. The van der Waals surface area contributed by atoms with Crippen LogP contribution in [0.5, 0.6) is 0 Å². The minimum atomic E-state index is -3.77. The van der Waals surface area contributed by atoms with Gasteiger partial charge in [0.15, 0.2) is 0 Å². The third-order valence-electron chi connectivity index (χ3n) is 2.04. The number of carboxylic acid groups (broad SMARTS) is 1. The van der Waals surface area contributed by atoms with Gasteiger partial charge in [-0.25, -0.2) is 13.1 Å². The second kappa shape index (κ2) is 6.38. The fraction of sp³-hybridized carbons (Fsp3) is 0.300. The van der Waals surface area contributed by atoms with E-state index in [1.54, 1.807) is 0 Å². The Labute approximate surface area is 115 Å². The minimum Gasteiger partial charge on any atom is -0.481 e. The zero-order valence-corrected chi connectivity index (χ0v) is 11.5. The Balaban J connectivity index is 2.74. The Bertz CT molecular complexity index is 545. The van der Waals surface area contributed by atoms with Crippen LogP contribution in [0.25, 0.3) is 0 Å². The van der Waals surface area contributed by atoms with E-state index in [1.807, 2.05) is 0 Å². The number of hydrogen-bond acceptors (Lipinski definition) is 3. The van der Waals surface area contributed by atoms with Crippen LogP contribution in [-0.2, 0) is 14.8 Å². The van der Waals surface area contributed by atoms with Crippen molar-refractivity contribution in [2.45, 2.75) is 17.7 Å². The average molecular weight is 312 g/mol. The van der Waals surface area contributed by atoms with Gasteiger partial charge in [-0.2, -0.15) is 0 Å². The van der Waals surface area contributed by atoms with Crippen molar-refractivity contribution in [3.05, 3.63) is 28.2 Å². The van der Waals surface area contributed by atoms with Crippen LogP contribution in [0.15, 0.2) is 23.1 Å². The predicted molar refractivity (Wildman–Crippen MR) is 68.5 cm³/mol. The van der Waals surface area contributed by atoms with Crippen LogP contribution in [0.2, 0.25) is 10.0 Å². The standard InChI is InChI=1S/C10H11Cl2NO4S/c11-7-3-4-8(12)9(6-7)18(16,17)13-5-1-2-10(14)15/h3-4,6,13H,1-2,5H2,(H,14,15). The molecule has 8 heteroatoms. The highest BCUT2D eigenvalue weighted by atomic mass is 35.5. The van der Waals surface area contributed by atoms with E-state index in [-0.39, 0.29) is 34.3 Å². The number of hydrogen-bond donors (Lipinski definition) is 2. The Kier molecular flexibility index (Phi) is 5.40. The first-order valence-corrected chi connectivity index (χ1v) is 7.23. The van der Waals surface area contributed by atoms with E-state index in [1.165, 1.54) is 18.2 Å². The van der Waals surface area contributed by atoms with Gasteiger partial charge in [0.05, 0.1) is 5.02 Å². The molecule has 0 fully saturated rings. The fourth-order valence-corrected chi connectivity index (χ4v) is 3.04. The van der Waals surface area contributed by atoms with E-state index in [0.29, 0.717) is 0 Å². The quantitative estimate of drug-likeness (QED) is 0.788. The molecule has 1 aromatic rings. The molecule has 0 saturated heterocycles. The van der Waals surface area contributed by atoms with Gasteiger partial charge in [0.2, 0.25) is 10.0 Å². The van der Waals surface area contributed by atoms with Gasteiger partial charge in [-0.3, -0.25) is 4.79 Å². The number of carboxylic acids is 1. The molecule has 0 aliphatic heterocycles. The summed E-state index contributed by atoms with van der Waals surface area (Å²) in [6, 6.07) is 4.10. The van der Waals surface area contributed by atoms with Crippen LogP contribution < -0.4 is 4.72 Å². The number of nitrogens with one attached hydrogen (secondary N) is 1. The number of halogens is 2. The van der Waals surface area contributed by atoms with Crippen molar-refractivity contribution in [3.63, 3.8) is 0 Å². The minimum absolute atomic E-state index is 0.0253. The van der Waals surface area contributed by atoms with Gasteiger partial charge >= 0.3 is 5.97 Å². The summed E-state index contributed by atoms with van der Waals surface area (Å²) in [6.07, 6.45) is 0.0958. The maximum atomic E-state index is 11.8. The molecule has 0 atom stereocenters. The maximum Gasteiger partial charge on any atom is 0.303 e. The van der Waals surface area contributed by atoms with Crippen molar-refractivity contribution in [2.75, 3.05) is 6.54 Å². The van der Waals surface area contributed by atoms with Crippen molar-refractivity contribution in [3.8, 4) is 0 Å². The predicted octanol–water partition coefficient (Wildman–Crippen LogP) is 2.14. The molecule has 0 aromatic heterocycles. The van der Waals surface area contributed by atoms with Gasteiger partial charge < -0.3 is 5.11 Å². The average Bonchev–Trinajstić information content (AvgIpc) is 2.27. The molecule has 100 valence electrons. The van der Waals surface area contributed by atoms with E-state index in [4.69, 9.17) is 28.3 Å². The molecule has 5 nitrogen and oxygen atoms in total. The largest absolute Gasteiger partial charge is 0.481 e. The molecule has 18 heavy (non-hydrogen) atoms. The lowest BCUT2D eigenvalue weighted by Gasteiger charge is -2.08. The first kappa shape index (κ1) is 15.2. The summed E-state index contributed by atoms with van der Waals surface area (Å²) >= 11 is 11.5. The first-order valence-electron chi connectivity index (χ1n) is 4.99. The number of benzene rings is 1. The molecule has 0 aliphatic rings. The van der Waals surface area contributed by atoms with Gasteiger partial charge in [0, 0.05) is 18.0 Å². The Morgan fingerprint density at radius 3 is 2.61 bits per heavy atom. The molecule has 1 rings (SSSR count). The molecule has 0 amide bonds. The third-order valence-corrected chi connectivity index (χ3v) is 4.22. The van der Waals surface area contributed by atoms with Crippen molar-refractivity contribution >= 4 is 39.2 Å². The van der Waals surface area contributed by atoms with E-state index in [0.717, 1.165) is 0 Å². The van der Waals surface area contributed by atoms with Gasteiger partial charge in [-0.05, 0) is 24.6 Å². The normalized spacial score (nSPS) is 11.4. The number of sulfonamides is 1. The highest BCUT2D eigenvalue weighted by molar-refractivity contribution is 7.89. The van der Waals surface area contributed by atoms with Gasteiger partial charge in [-0.1, -0.05) is 23.2 Å². The fourth-order valence-electron chi connectivity index (χ4n) is 1.21. The summed E-state index contributed by atoms with van der Waals surface area (Å²) in [7, 11) is -3.77. The molecule has 0 spiro atoms. The lowest BCUT2D eigenvalue weighted by Crippen LogP contribution is -2.25. The lowest BCUT2D eigenvalue weighted by molar-refractivity contribution is -0.137. The molecule has 1 aromatic carbocycles. The first-order chi connectivity index (χ1) is 8.33. The van der Waals surface area contributed by atoms with E-state index in [9.17, 15) is 13.2 Å². The summed E-state index contributed by atoms with van der Waals surface area (Å²) in [5.74, 6) is -0.977. The Hall–Kier alpha value is -0.820. The number of aliphatic carboxylic acids is 1. The smallest absolute Gasteiger partial charge is 0.303 e. The summed E-state index contributed by atoms with van der Waals surface area (Å²) in [4.78, 5) is 10.2. The molecule has 0 unspecified atom stereocenters. The summed E-state index contributed by atoms with van der Waals surface area (Å²) in [5, 5.41) is 8.74.